The highest BCUT2D eigenvalue weighted by molar-refractivity contribution is 7.90. The highest BCUT2D eigenvalue weighted by atomic mass is 32.2. The van der Waals surface area contributed by atoms with E-state index < -0.39 is 32.4 Å². The summed E-state index contributed by atoms with van der Waals surface area (Å²) in [4.78, 5) is 28.4. The number of hydrogen-bond donors (Lipinski definition) is 3. The van der Waals surface area contributed by atoms with Crippen molar-refractivity contribution in [2.75, 3.05) is 63.8 Å². The topological polar surface area (TPSA) is 133 Å². The minimum Gasteiger partial charge on any atom is -0.383 e. The summed E-state index contributed by atoms with van der Waals surface area (Å²) >= 11 is 0. The van der Waals surface area contributed by atoms with E-state index in [1.807, 2.05) is 7.05 Å². The molecule has 1 fully saturated rings. The molecule has 4 aromatic rings. The van der Waals surface area contributed by atoms with Gasteiger partial charge in [-0.2, -0.15) is 0 Å². The number of sulfone groups is 1. The fourth-order valence-electron chi connectivity index (χ4n) is 4.94. The van der Waals surface area contributed by atoms with Gasteiger partial charge in [-0.25, -0.2) is 27.2 Å². The minimum atomic E-state index is -3.81. The number of fused-ring (bicyclic) bond motifs is 1. The van der Waals surface area contributed by atoms with Crippen molar-refractivity contribution in [1.82, 2.24) is 24.8 Å². The second-order valence-corrected chi connectivity index (χ2v) is 12.1. The van der Waals surface area contributed by atoms with Crippen LogP contribution in [-0.2, 0) is 19.4 Å². The zero-order valence-corrected chi connectivity index (χ0v) is 24.1. The van der Waals surface area contributed by atoms with Crippen LogP contribution in [0.3, 0.4) is 0 Å². The number of aromatic nitrogens is 3. The van der Waals surface area contributed by atoms with Crippen LogP contribution in [0.5, 0.6) is 0 Å². The van der Waals surface area contributed by atoms with Gasteiger partial charge >= 0.3 is 0 Å². The maximum atomic E-state index is 15.0. The average molecular weight is 600 g/mol. The molecule has 11 nitrogen and oxygen atoms in total. The molecule has 1 atom stereocenters. The lowest BCUT2D eigenvalue weighted by atomic mass is 10.1. The van der Waals surface area contributed by atoms with Crippen LogP contribution in [-0.4, -0.2) is 98.3 Å². The number of methoxy groups -OCH3 is 1. The number of benzene rings is 2. The van der Waals surface area contributed by atoms with Crippen LogP contribution in [0.4, 0.5) is 26.1 Å². The number of nitrogens with one attached hydrogen (secondary N) is 3. The number of rotatable bonds is 9. The van der Waals surface area contributed by atoms with Gasteiger partial charge in [0.05, 0.1) is 29.7 Å². The number of ether oxygens (including phenoxy) is 1. The predicted octanol–water partition coefficient (Wildman–Crippen LogP) is 3.25. The van der Waals surface area contributed by atoms with Gasteiger partial charge in [0.1, 0.15) is 16.6 Å². The molecule has 2 aromatic carbocycles. The number of halogens is 2. The van der Waals surface area contributed by atoms with Crippen molar-refractivity contribution in [3.05, 3.63) is 60.4 Å². The number of carbonyl (C=O) groups excluding carboxylic acids is 1. The van der Waals surface area contributed by atoms with E-state index in [0.29, 0.717) is 22.2 Å². The van der Waals surface area contributed by atoms with Crippen molar-refractivity contribution in [3.63, 3.8) is 0 Å². The van der Waals surface area contributed by atoms with Gasteiger partial charge in [0.15, 0.2) is 21.5 Å². The van der Waals surface area contributed by atoms with Crippen molar-refractivity contribution in [2.45, 2.75) is 10.9 Å². The first kappa shape index (κ1) is 29.5. The number of carbonyl (C=O) groups is 1. The molecule has 5 rings (SSSR count). The summed E-state index contributed by atoms with van der Waals surface area (Å²) in [5.74, 6) is -2.07. The number of piperazine rings is 1. The third-order valence-electron chi connectivity index (χ3n) is 7.19. The lowest BCUT2D eigenvalue weighted by Crippen LogP contribution is -2.54. The van der Waals surface area contributed by atoms with Crippen molar-refractivity contribution in [1.29, 1.82) is 0 Å². The van der Waals surface area contributed by atoms with Crippen LogP contribution in [0.2, 0.25) is 0 Å². The van der Waals surface area contributed by atoms with Crippen LogP contribution in [0.25, 0.3) is 22.2 Å². The number of likely N-dealkylation sites (N-methyl/N-ethyl adjacent to an activating group) is 1. The normalized spacial score (nSPS) is 15.5. The number of nitrogens with zero attached hydrogens (tertiary/aromatic N) is 4. The second kappa shape index (κ2) is 12.1. The van der Waals surface area contributed by atoms with Gasteiger partial charge in [-0.15, -0.1) is 0 Å². The predicted molar refractivity (Wildman–Crippen MR) is 155 cm³/mol. The van der Waals surface area contributed by atoms with Crippen molar-refractivity contribution in [2.24, 2.45) is 0 Å². The Labute approximate surface area is 241 Å². The molecule has 222 valence electrons. The molecule has 1 saturated heterocycles. The van der Waals surface area contributed by atoms with E-state index in [9.17, 15) is 17.6 Å². The molecule has 0 spiro atoms. The molecular weight excluding hydrogens is 568 g/mol. The van der Waals surface area contributed by atoms with E-state index in [4.69, 9.17) is 4.74 Å². The molecule has 3 heterocycles. The standard InChI is InChI=1S/C28H31F2N7O4S/c1-36-10-12-37(13-11-36)22(16-41-2)27(38)33-21-8-4-6-17-18(14-31-26(17)21)25-19(29)15-32-28(35-25)34-20-7-5-9-23(24(20)30)42(3,39)40/h4-9,14-15,22,31H,10-13,16H2,1-3H3,(H,33,38)(H,32,34,35)/t22-/m1/s1. The highest BCUT2D eigenvalue weighted by Gasteiger charge is 2.29. The summed E-state index contributed by atoms with van der Waals surface area (Å²) in [6.45, 7) is 3.40. The molecule has 2 aromatic heterocycles. The number of para-hydroxylation sites is 1. The summed E-state index contributed by atoms with van der Waals surface area (Å²) in [7, 11) is -0.213. The van der Waals surface area contributed by atoms with Crippen LogP contribution in [0, 0.1) is 11.6 Å². The van der Waals surface area contributed by atoms with Crippen LogP contribution in [0.15, 0.2) is 53.7 Å². The number of aromatic amines is 1. The Balaban J connectivity index is 1.43. The lowest BCUT2D eigenvalue weighted by Gasteiger charge is -2.36. The van der Waals surface area contributed by atoms with Gasteiger partial charge in [-0.3, -0.25) is 9.69 Å². The molecule has 1 amide bonds. The Kier molecular flexibility index (Phi) is 8.50. The van der Waals surface area contributed by atoms with E-state index >= 15 is 4.39 Å². The Morgan fingerprint density at radius 2 is 1.83 bits per heavy atom. The summed E-state index contributed by atoms with van der Waals surface area (Å²) < 4.78 is 59.1. The van der Waals surface area contributed by atoms with Gasteiger partial charge in [0.25, 0.3) is 0 Å². The molecular formula is C28H31F2N7O4S. The van der Waals surface area contributed by atoms with E-state index in [1.54, 1.807) is 31.5 Å². The van der Waals surface area contributed by atoms with Crippen LogP contribution in [0.1, 0.15) is 0 Å². The molecule has 14 heteroatoms. The number of H-pyrrole nitrogens is 1. The monoisotopic (exact) mass is 599 g/mol. The van der Waals surface area contributed by atoms with Crippen LogP contribution >= 0.6 is 0 Å². The van der Waals surface area contributed by atoms with Gasteiger partial charge in [-0.05, 0) is 25.2 Å². The zero-order chi connectivity index (χ0) is 30.0. The fourth-order valence-corrected chi connectivity index (χ4v) is 5.70. The molecule has 0 radical (unpaired) electrons. The number of amides is 1. The van der Waals surface area contributed by atoms with Crippen molar-refractivity contribution < 1.29 is 26.7 Å². The van der Waals surface area contributed by atoms with E-state index in [2.05, 4.69) is 35.4 Å². The van der Waals surface area contributed by atoms with E-state index in [-0.39, 0.29) is 29.8 Å². The average Bonchev–Trinajstić information content (AvgIpc) is 3.39. The first-order valence-electron chi connectivity index (χ1n) is 13.2. The number of hydrogen-bond acceptors (Lipinski definition) is 9. The summed E-state index contributed by atoms with van der Waals surface area (Å²) in [6, 6.07) is 8.61. The molecule has 1 aliphatic rings. The maximum Gasteiger partial charge on any atom is 0.244 e. The fraction of sp³-hybridized carbons (Fsp3) is 0.321. The van der Waals surface area contributed by atoms with Gasteiger partial charge < -0.3 is 25.3 Å². The Morgan fingerprint density at radius 3 is 2.55 bits per heavy atom. The smallest absolute Gasteiger partial charge is 0.244 e. The quantitative estimate of drug-likeness (QED) is 0.265. The Morgan fingerprint density at radius 1 is 1.12 bits per heavy atom. The molecule has 0 saturated carbocycles. The minimum absolute atomic E-state index is 0.0726. The largest absolute Gasteiger partial charge is 0.383 e. The highest BCUT2D eigenvalue weighted by Crippen LogP contribution is 2.34. The maximum absolute atomic E-state index is 15.0. The first-order chi connectivity index (χ1) is 20.1. The molecule has 1 aliphatic heterocycles. The SMILES string of the molecule is COC[C@H](C(=O)Nc1cccc2c(-c3nc(Nc4cccc(S(C)(=O)=O)c4F)ncc3F)c[nH]c12)N1CCN(C)CC1. The summed E-state index contributed by atoms with van der Waals surface area (Å²) in [5.41, 5.74) is 1.21. The van der Waals surface area contributed by atoms with E-state index in [0.717, 1.165) is 44.7 Å². The molecule has 3 N–H and O–H groups in total. The summed E-state index contributed by atoms with van der Waals surface area (Å²) in [5, 5.41) is 6.22. The second-order valence-electron chi connectivity index (χ2n) is 10.1. The van der Waals surface area contributed by atoms with E-state index in [1.165, 1.54) is 12.1 Å². The Hall–Kier alpha value is -3.98. The third-order valence-corrected chi connectivity index (χ3v) is 8.30. The molecule has 0 unspecified atom stereocenters. The Bertz CT molecular complexity index is 1720. The van der Waals surface area contributed by atoms with Crippen LogP contribution < -0.4 is 10.6 Å². The zero-order valence-electron chi connectivity index (χ0n) is 23.3. The molecule has 0 aliphatic carbocycles. The van der Waals surface area contributed by atoms with Gasteiger partial charge in [0.2, 0.25) is 11.9 Å². The van der Waals surface area contributed by atoms with Gasteiger partial charge in [-0.1, -0.05) is 18.2 Å². The number of anilines is 3. The van der Waals surface area contributed by atoms with Crippen molar-refractivity contribution in [3.8, 4) is 11.3 Å². The molecule has 0 bridgehead atoms. The first-order valence-corrected chi connectivity index (χ1v) is 15.1. The van der Waals surface area contributed by atoms with Gasteiger partial charge in [0, 0.05) is 56.7 Å². The summed E-state index contributed by atoms with van der Waals surface area (Å²) in [6.07, 6.45) is 3.41. The molecule has 42 heavy (non-hydrogen) atoms. The lowest BCUT2D eigenvalue weighted by molar-refractivity contribution is -0.124. The third kappa shape index (κ3) is 6.11. The van der Waals surface area contributed by atoms with Crippen molar-refractivity contribution >= 4 is 44.0 Å².